The highest BCUT2D eigenvalue weighted by Gasteiger charge is 2.30. The Hall–Kier alpha value is -0.950. The van der Waals surface area contributed by atoms with Crippen molar-refractivity contribution >= 4 is 27.5 Å². The van der Waals surface area contributed by atoms with Crippen molar-refractivity contribution in [3.8, 4) is 0 Å². The SMILES string of the molecule is Cc1cc(Br)ccc1NC(=O)CN1CCCC1CN1CC(C)OC(C)C1. The summed E-state index contributed by atoms with van der Waals surface area (Å²) in [6, 6.07) is 6.40. The topological polar surface area (TPSA) is 44.8 Å². The van der Waals surface area contributed by atoms with E-state index in [4.69, 9.17) is 4.74 Å². The zero-order valence-electron chi connectivity index (χ0n) is 16.0. The molecule has 2 aliphatic rings. The molecule has 1 N–H and O–H groups in total. The van der Waals surface area contributed by atoms with Crippen LogP contribution in [0.5, 0.6) is 0 Å². The van der Waals surface area contributed by atoms with Gasteiger partial charge in [0, 0.05) is 35.8 Å². The summed E-state index contributed by atoms with van der Waals surface area (Å²) in [7, 11) is 0. The number of aryl methyl sites for hydroxylation is 1. The number of morpholine rings is 1. The van der Waals surface area contributed by atoms with Crippen LogP contribution in [-0.4, -0.2) is 66.7 Å². The number of halogens is 1. The molecule has 3 unspecified atom stereocenters. The fraction of sp³-hybridized carbons (Fsp3) is 0.650. The second kappa shape index (κ2) is 8.83. The molecule has 2 aliphatic heterocycles. The lowest BCUT2D eigenvalue weighted by Gasteiger charge is -2.38. The molecule has 0 spiro atoms. The number of nitrogens with one attached hydrogen (secondary N) is 1. The van der Waals surface area contributed by atoms with E-state index in [1.807, 2.05) is 25.1 Å². The summed E-state index contributed by atoms with van der Waals surface area (Å²) in [5.41, 5.74) is 1.96. The summed E-state index contributed by atoms with van der Waals surface area (Å²) >= 11 is 3.46. The molecule has 1 amide bonds. The van der Waals surface area contributed by atoms with E-state index in [9.17, 15) is 4.79 Å². The quantitative estimate of drug-likeness (QED) is 0.788. The van der Waals surface area contributed by atoms with Crippen molar-refractivity contribution in [1.29, 1.82) is 0 Å². The number of amides is 1. The van der Waals surface area contributed by atoms with E-state index in [1.54, 1.807) is 0 Å². The van der Waals surface area contributed by atoms with E-state index in [2.05, 4.69) is 44.9 Å². The zero-order valence-corrected chi connectivity index (χ0v) is 17.6. The van der Waals surface area contributed by atoms with E-state index >= 15 is 0 Å². The molecule has 0 saturated carbocycles. The number of hydrogen-bond donors (Lipinski definition) is 1. The molecule has 1 aromatic rings. The lowest BCUT2D eigenvalue weighted by atomic mass is 10.1. The second-order valence-electron chi connectivity index (χ2n) is 7.75. The van der Waals surface area contributed by atoms with Crippen molar-refractivity contribution < 1.29 is 9.53 Å². The Bertz CT molecular complexity index is 629. The number of carbonyl (C=O) groups excluding carboxylic acids is 1. The number of anilines is 1. The Balaban J connectivity index is 1.53. The third-order valence-electron chi connectivity index (χ3n) is 5.27. The summed E-state index contributed by atoms with van der Waals surface area (Å²) in [6.07, 6.45) is 2.92. The van der Waals surface area contributed by atoms with Crippen LogP contribution in [0.2, 0.25) is 0 Å². The lowest BCUT2D eigenvalue weighted by molar-refractivity contribution is -0.117. The van der Waals surface area contributed by atoms with Crippen LogP contribution >= 0.6 is 15.9 Å². The van der Waals surface area contributed by atoms with Gasteiger partial charge in [0.2, 0.25) is 5.91 Å². The monoisotopic (exact) mass is 423 g/mol. The molecule has 3 rings (SSSR count). The second-order valence-corrected chi connectivity index (χ2v) is 8.67. The standard InChI is InChI=1S/C20H30BrN3O2/c1-14-9-17(21)6-7-19(14)22-20(25)13-24-8-4-5-18(24)12-23-10-15(2)26-16(3)11-23/h6-7,9,15-16,18H,4-5,8,10-13H2,1-3H3,(H,22,25). The van der Waals surface area contributed by atoms with Gasteiger partial charge in [0.1, 0.15) is 0 Å². The van der Waals surface area contributed by atoms with Crippen LogP contribution in [-0.2, 0) is 9.53 Å². The maximum atomic E-state index is 12.5. The normalized spacial score (nSPS) is 27.6. The fourth-order valence-electron chi connectivity index (χ4n) is 4.18. The van der Waals surface area contributed by atoms with Crippen molar-refractivity contribution in [1.82, 2.24) is 9.80 Å². The Labute approximate surface area is 165 Å². The predicted molar refractivity (Wildman–Crippen MR) is 109 cm³/mol. The van der Waals surface area contributed by atoms with Gasteiger partial charge in [0.25, 0.3) is 0 Å². The molecular weight excluding hydrogens is 394 g/mol. The lowest BCUT2D eigenvalue weighted by Crippen LogP contribution is -2.50. The first kappa shape index (κ1) is 19.8. The first-order valence-corrected chi connectivity index (χ1v) is 10.4. The van der Waals surface area contributed by atoms with E-state index in [-0.39, 0.29) is 18.1 Å². The average Bonchev–Trinajstić information content (AvgIpc) is 2.96. The Morgan fingerprint density at radius 1 is 1.31 bits per heavy atom. The van der Waals surface area contributed by atoms with Crippen LogP contribution in [0, 0.1) is 6.92 Å². The maximum absolute atomic E-state index is 12.5. The largest absolute Gasteiger partial charge is 0.373 e. The molecule has 2 heterocycles. The van der Waals surface area contributed by atoms with Crippen molar-refractivity contribution in [2.75, 3.05) is 38.0 Å². The van der Waals surface area contributed by atoms with E-state index in [0.717, 1.165) is 41.9 Å². The molecule has 5 nitrogen and oxygen atoms in total. The number of likely N-dealkylation sites (tertiary alicyclic amines) is 1. The van der Waals surface area contributed by atoms with Gasteiger partial charge >= 0.3 is 0 Å². The van der Waals surface area contributed by atoms with Gasteiger partial charge in [-0.1, -0.05) is 15.9 Å². The molecule has 0 aliphatic carbocycles. The molecule has 3 atom stereocenters. The van der Waals surface area contributed by atoms with Crippen molar-refractivity contribution in [2.45, 2.75) is 51.9 Å². The zero-order chi connectivity index (χ0) is 18.7. The minimum absolute atomic E-state index is 0.0750. The van der Waals surface area contributed by atoms with Crippen molar-refractivity contribution in [3.05, 3.63) is 28.2 Å². The number of ether oxygens (including phenoxy) is 1. The van der Waals surface area contributed by atoms with Gasteiger partial charge < -0.3 is 10.1 Å². The van der Waals surface area contributed by atoms with Crippen LogP contribution in [0.1, 0.15) is 32.3 Å². The summed E-state index contributed by atoms with van der Waals surface area (Å²) in [5.74, 6) is 0.0750. The summed E-state index contributed by atoms with van der Waals surface area (Å²) in [4.78, 5) is 17.4. The highest BCUT2D eigenvalue weighted by atomic mass is 79.9. The Kier molecular flexibility index (Phi) is 6.72. The van der Waals surface area contributed by atoms with Crippen LogP contribution in [0.3, 0.4) is 0 Å². The minimum Gasteiger partial charge on any atom is -0.373 e. The van der Waals surface area contributed by atoms with E-state index < -0.39 is 0 Å². The molecule has 2 fully saturated rings. The van der Waals surface area contributed by atoms with E-state index in [1.165, 1.54) is 12.8 Å². The third kappa shape index (κ3) is 5.28. The smallest absolute Gasteiger partial charge is 0.238 e. The summed E-state index contributed by atoms with van der Waals surface area (Å²) < 4.78 is 6.86. The van der Waals surface area contributed by atoms with E-state index in [0.29, 0.717) is 12.6 Å². The third-order valence-corrected chi connectivity index (χ3v) is 5.77. The van der Waals surface area contributed by atoms with Crippen LogP contribution in [0.4, 0.5) is 5.69 Å². The van der Waals surface area contributed by atoms with Crippen LogP contribution in [0.25, 0.3) is 0 Å². The molecule has 26 heavy (non-hydrogen) atoms. The van der Waals surface area contributed by atoms with Crippen LogP contribution < -0.4 is 5.32 Å². The van der Waals surface area contributed by atoms with Gasteiger partial charge in [-0.25, -0.2) is 0 Å². The first-order valence-electron chi connectivity index (χ1n) is 9.58. The van der Waals surface area contributed by atoms with Gasteiger partial charge in [0.15, 0.2) is 0 Å². The molecule has 6 heteroatoms. The Morgan fingerprint density at radius 3 is 2.73 bits per heavy atom. The van der Waals surface area contributed by atoms with Gasteiger partial charge in [-0.15, -0.1) is 0 Å². The molecule has 1 aromatic carbocycles. The fourth-order valence-corrected chi connectivity index (χ4v) is 4.66. The predicted octanol–water partition coefficient (Wildman–Crippen LogP) is 3.27. The number of hydrogen-bond acceptors (Lipinski definition) is 4. The van der Waals surface area contributed by atoms with Crippen molar-refractivity contribution in [3.63, 3.8) is 0 Å². The van der Waals surface area contributed by atoms with Crippen molar-refractivity contribution in [2.24, 2.45) is 0 Å². The molecule has 0 bridgehead atoms. The summed E-state index contributed by atoms with van der Waals surface area (Å²) in [5, 5.41) is 3.07. The van der Waals surface area contributed by atoms with Gasteiger partial charge in [-0.3, -0.25) is 14.6 Å². The van der Waals surface area contributed by atoms with Gasteiger partial charge in [-0.05, 0) is 63.9 Å². The first-order chi connectivity index (χ1) is 12.4. The summed E-state index contributed by atoms with van der Waals surface area (Å²) in [6.45, 7) is 10.8. The van der Waals surface area contributed by atoms with Gasteiger partial charge in [0.05, 0.1) is 18.8 Å². The average molecular weight is 424 g/mol. The highest BCUT2D eigenvalue weighted by Crippen LogP contribution is 2.22. The molecule has 2 saturated heterocycles. The molecule has 0 radical (unpaired) electrons. The number of benzene rings is 1. The van der Waals surface area contributed by atoms with Crippen LogP contribution in [0.15, 0.2) is 22.7 Å². The number of nitrogens with zero attached hydrogens (tertiary/aromatic N) is 2. The highest BCUT2D eigenvalue weighted by molar-refractivity contribution is 9.10. The van der Waals surface area contributed by atoms with Gasteiger partial charge in [-0.2, -0.15) is 0 Å². The maximum Gasteiger partial charge on any atom is 0.238 e. The Morgan fingerprint density at radius 2 is 2.04 bits per heavy atom. The minimum atomic E-state index is 0.0750. The molecule has 0 aromatic heterocycles. The molecular formula is C20H30BrN3O2. The number of rotatable bonds is 5. The number of carbonyl (C=O) groups is 1. The molecule has 144 valence electrons.